The highest BCUT2D eigenvalue weighted by Crippen LogP contribution is 2.18. The molecule has 90 valence electrons. The fourth-order valence-corrected chi connectivity index (χ4v) is 3.03. The first-order chi connectivity index (χ1) is 7.18. The Kier molecular flexibility index (Phi) is 3.80. The number of rotatable bonds is 3. The molecular formula is C10H15ClN2O2S. The second-order valence-corrected chi connectivity index (χ2v) is 6.90. The van der Waals surface area contributed by atoms with Gasteiger partial charge in [0.05, 0.1) is 17.6 Å². The standard InChI is InChI=1S/C10H15ClN2O2S/c1-10(2,3)7-16(14,15)13-8-4-5-9(11)12-6-8/h4-6,13H,7H2,1-3H3. The van der Waals surface area contributed by atoms with Crippen LogP contribution in [0, 0.1) is 5.41 Å². The van der Waals surface area contributed by atoms with Crippen molar-refractivity contribution in [2.24, 2.45) is 5.41 Å². The van der Waals surface area contributed by atoms with Crippen LogP contribution in [0.25, 0.3) is 0 Å². The lowest BCUT2D eigenvalue weighted by Gasteiger charge is -2.18. The molecular weight excluding hydrogens is 248 g/mol. The van der Waals surface area contributed by atoms with Crippen LogP contribution < -0.4 is 4.72 Å². The van der Waals surface area contributed by atoms with E-state index in [1.807, 2.05) is 20.8 Å². The van der Waals surface area contributed by atoms with E-state index in [2.05, 4.69) is 9.71 Å². The smallest absolute Gasteiger partial charge is 0.233 e. The first-order valence-electron chi connectivity index (χ1n) is 4.80. The van der Waals surface area contributed by atoms with Crippen molar-refractivity contribution in [1.82, 2.24) is 4.98 Å². The normalized spacial score (nSPS) is 12.5. The predicted octanol–water partition coefficient (Wildman–Crippen LogP) is 2.52. The summed E-state index contributed by atoms with van der Waals surface area (Å²) in [4.78, 5) is 3.80. The van der Waals surface area contributed by atoms with Crippen molar-refractivity contribution in [3.63, 3.8) is 0 Å². The maximum Gasteiger partial charge on any atom is 0.233 e. The minimum absolute atomic E-state index is 0.0582. The minimum atomic E-state index is -3.34. The highest BCUT2D eigenvalue weighted by molar-refractivity contribution is 7.92. The molecule has 4 nitrogen and oxygen atoms in total. The lowest BCUT2D eigenvalue weighted by molar-refractivity contribution is 0.463. The molecule has 1 N–H and O–H groups in total. The quantitative estimate of drug-likeness (QED) is 0.852. The Balaban J connectivity index is 2.77. The van der Waals surface area contributed by atoms with Crippen LogP contribution >= 0.6 is 11.6 Å². The molecule has 0 atom stereocenters. The third-order valence-corrected chi connectivity index (χ3v) is 3.64. The molecule has 0 aliphatic carbocycles. The van der Waals surface area contributed by atoms with E-state index in [9.17, 15) is 8.42 Å². The molecule has 6 heteroatoms. The van der Waals surface area contributed by atoms with Crippen molar-refractivity contribution < 1.29 is 8.42 Å². The van der Waals surface area contributed by atoms with E-state index in [1.54, 1.807) is 6.07 Å². The molecule has 0 unspecified atom stereocenters. The topological polar surface area (TPSA) is 59.1 Å². The average molecular weight is 263 g/mol. The SMILES string of the molecule is CC(C)(C)CS(=O)(=O)Nc1ccc(Cl)nc1. The molecule has 1 aromatic heterocycles. The van der Waals surface area contributed by atoms with Crippen LogP contribution in [0.2, 0.25) is 5.15 Å². The molecule has 0 radical (unpaired) electrons. The second-order valence-electron chi connectivity index (χ2n) is 4.79. The molecule has 0 aliphatic heterocycles. The fraction of sp³-hybridized carbons (Fsp3) is 0.500. The number of anilines is 1. The van der Waals surface area contributed by atoms with Crippen molar-refractivity contribution in [3.8, 4) is 0 Å². The molecule has 0 aliphatic rings. The zero-order valence-electron chi connectivity index (χ0n) is 9.49. The number of aromatic nitrogens is 1. The third-order valence-electron chi connectivity index (χ3n) is 1.62. The van der Waals surface area contributed by atoms with Crippen LogP contribution in [-0.4, -0.2) is 19.2 Å². The zero-order valence-corrected chi connectivity index (χ0v) is 11.1. The van der Waals surface area contributed by atoms with E-state index >= 15 is 0 Å². The van der Waals surface area contributed by atoms with Crippen molar-refractivity contribution in [2.75, 3.05) is 10.5 Å². The summed E-state index contributed by atoms with van der Waals surface area (Å²) in [5.41, 5.74) is 0.139. The molecule has 0 fully saturated rings. The molecule has 1 rings (SSSR count). The van der Waals surface area contributed by atoms with Crippen molar-refractivity contribution >= 4 is 27.3 Å². The van der Waals surface area contributed by atoms with E-state index in [0.717, 1.165) is 0 Å². The first-order valence-corrected chi connectivity index (χ1v) is 6.83. The largest absolute Gasteiger partial charge is 0.282 e. The van der Waals surface area contributed by atoms with Gasteiger partial charge in [0, 0.05) is 0 Å². The Morgan fingerprint density at radius 1 is 1.38 bits per heavy atom. The Morgan fingerprint density at radius 3 is 2.44 bits per heavy atom. The molecule has 1 aromatic rings. The molecule has 0 spiro atoms. The predicted molar refractivity (Wildman–Crippen MR) is 66.1 cm³/mol. The molecule has 0 aromatic carbocycles. The Labute approximate surface area is 101 Å². The molecule has 0 saturated heterocycles. The Morgan fingerprint density at radius 2 is 2.00 bits per heavy atom. The molecule has 1 heterocycles. The van der Waals surface area contributed by atoms with Gasteiger partial charge in [-0.1, -0.05) is 32.4 Å². The number of nitrogens with one attached hydrogen (secondary N) is 1. The van der Waals surface area contributed by atoms with Gasteiger partial charge < -0.3 is 0 Å². The third kappa shape index (κ3) is 4.81. The number of hydrogen-bond donors (Lipinski definition) is 1. The van der Waals surface area contributed by atoms with Gasteiger partial charge in [0.2, 0.25) is 10.0 Å². The van der Waals surface area contributed by atoms with Gasteiger partial charge >= 0.3 is 0 Å². The number of sulfonamides is 1. The minimum Gasteiger partial charge on any atom is -0.282 e. The first kappa shape index (κ1) is 13.3. The van der Waals surface area contributed by atoms with Crippen LogP contribution in [0.5, 0.6) is 0 Å². The van der Waals surface area contributed by atoms with Crippen LogP contribution in [0.1, 0.15) is 20.8 Å². The lowest BCUT2D eigenvalue weighted by Crippen LogP contribution is -2.26. The highest BCUT2D eigenvalue weighted by Gasteiger charge is 2.21. The highest BCUT2D eigenvalue weighted by atomic mass is 35.5. The van der Waals surface area contributed by atoms with Crippen molar-refractivity contribution in [2.45, 2.75) is 20.8 Å². The molecule has 0 bridgehead atoms. The van der Waals surface area contributed by atoms with Crippen LogP contribution in [0.3, 0.4) is 0 Å². The van der Waals surface area contributed by atoms with Crippen molar-refractivity contribution in [1.29, 1.82) is 0 Å². The number of halogens is 1. The summed E-state index contributed by atoms with van der Waals surface area (Å²) in [5.74, 6) is 0.0582. The number of hydrogen-bond acceptors (Lipinski definition) is 3. The summed E-state index contributed by atoms with van der Waals surface area (Å²) in [6.07, 6.45) is 1.39. The summed E-state index contributed by atoms with van der Waals surface area (Å²) < 4.78 is 25.9. The second kappa shape index (κ2) is 4.59. The summed E-state index contributed by atoms with van der Waals surface area (Å²) in [5, 5.41) is 0.332. The zero-order chi connectivity index (χ0) is 12.4. The monoisotopic (exact) mass is 262 g/mol. The maximum absolute atomic E-state index is 11.7. The average Bonchev–Trinajstić information content (AvgIpc) is 2.04. The Hall–Kier alpha value is -0.810. The summed E-state index contributed by atoms with van der Waals surface area (Å²) >= 11 is 5.60. The van der Waals surface area contributed by atoms with Gasteiger partial charge in [0.25, 0.3) is 0 Å². The fourth-order valence-electron chi connectivity index (χ4n) is 1.22. The van der Waals surface area contributed by atoms with Gasteiger partial charge in [-0.2, -0.15) is 0 Å². The van der Waals surface area contributed by atoms with Gasteiger partial charge in [-0.15, -0.1) is 0 Å². The van der Waals surface area contributed by atoms with E-state index in [-0.39, 0.29) is 11.2 Å². The van der Waals surface area contributed by atoms with Crippen LogP contribution in [0.15, 0.2) is 18.3 Å². The summed E-state index contributed by atoms with van der Waals surface area (Å²) in [6, 6.07) is 3.12. The molecule has 16 heavy (non-hydrogen) atoms. The van der Waals surface area contributed by atoms with Gasteiger partial charge in [-0.05, 0) is 17.5 Å². The summed E-state index contributed by atoms with van der Waals surface area (Å²) in [6.45, 7) is 5.60. The van der Waals surface area contributed by atoms with E-state index in [1.165, 1.54) is 12.3 Å². The van der Waals surface area contributed by atoms with Gasteiger partial charge in [-0.3, -0.25) is 4.72 Å². The number of pyridine rings is 1. The van der Waals surface area contributed by atoms with Gasteiger partial charge in [0.1, 0.15) is 5.15 Å². The van der Waals surface area contributed by atoms with E-state index in [4.69, 9.17) is 11.6 Å². The van der Waals surface area contributed by atoms with Gasteiger partial charge in [0.15, 0.2) is 0 Å². The van der Waals surface area contributed by atoms with Crippen molar-refractivity contribution in [3.05, 3.63) is 23.5 Å². The lowest BCUT2D eigenvalue weighted by atomic mass is 10.0. The Bertz CT molecular complexity index is 449. The van der Waals surface area contributed by atoms with Crippen LogP contribution in [-0.2, 0) is 10.0 Å². The maximum atomic E-state index is 11.7. The van der Waals surface area contributed by atoms with Crippen LogP contribution in [0.4, 0.5) is 5.69 Å². The summed E-state index contributed by atoms with van der Waals surface area (Å²) in [7, 11) is -3.34. The number of nitrogens with zero attached hydrogens (tertiary/aromatic N) is 1. The molecule has 0 saturated carbocycles. The van der Waals surface area contributed by atoms with E-state index in [0.29, 0.717) is 10.8 Å². The molecule has 0 amide bonds. The van der Waals surface area contributed by atoms with E-state index < -0.39 is 10.0 Å². The van der Waals surface area contributed by atoms with Gasteiger partial charge in [-0.25, -0.2) is 13.4 Å².